The smallest absolute Gasteiger partial charge is 0.312 e. The van der Waals surface area contributed by atoms with Crippen LogP contribution in [0.2, 0.25) is 0 Å². The van der Waals surface area contributed by atoms with E-state index in [-0.39, 0.29) is 5.41 Å². The van der Waals surface area contributed by atoms with Gasteiger partial charge in [-0.2, -0.15) is 0 Å². The van der Waals surface area contributed by atoms with Gasteiger partial charge in [0.2, 0.25) is 0 Å². The molecule has 0 bridgehead atoms. The number of rotatable bonds is 1. The van der Waals surface area contributed by atoms with E-state index in [4.69, 9.17) is 5.53 Å². The van der Waals surface area contributed by atoms with Crippen molar-refractivity contribution in [1.29, 1.82) is 0 Å². The van der Waals surface area contributed by atoms with Gasteiger partial charge >= 0.3 is 6.03 Å². The molecule has 5 nitrogen and oxygen atoms in total. The summed E-state index contributed by atoms with van der Waals surface area (Å²) >= 11 is 0. The number of azide groups is 1. The standard InChI is InChI=1S/C11H14N4O/c1-11(2,3)8-4-6-9(7-5-8)13-10(16)14-15-12/h4-7H,1-3H3,(H,13,16). The molecule has 5 heteroatoms. The number of carbonyl (C=O) groups is 1. The molecule has 1 aromatic carbocycles. The van der Waals surface area contributed by atoms with Crippen molar-refractivity contribution in [2.24, 2.45) is 5.11 Å². The van der Waals surface area contributed by atoms with E-state index in [1.54, 1.807) is 12.1 Å². The quantitative estimate of drug-likeness (QED) is 0.434. The Bertz CT molecular complexity index is 424. The first-order chi connectivity index (χ1) is 7.43. The number of amides is 2. The Morgan fingerprint density at radius 3 is 2.31 bits per heavy atom. The minimum atomic E-state index is -0.703. The van der Waals surface area contributed by atoms with Crippen molar-refractivity contribution in [3.8, 4) is 0 Å². The van der Waals surface area contributed by atoms with Gasteiger partial charge in [-0.1, -0.05) is 32.9 Å². The van der Waals surface area contributed by atoms with Crippen LogP contribution >= 0.6 is 0 Å². The fraction of sp³-hybridized carbons (Fsp3) is 0.364. The summed E-state index contributed by atoms with van der Waals surface area (Å²) in [6.07, 6.45) is 0. The van der Waals surface area contributed by atoms with Crippen LogP contribution < -0.4 is 5.32 Å². The van der Waals surface area contributed by atoms with Crippen molar-refractivity contribution >= 4 is 11.7 Å². The number of nitrogens with one attached hydrogen (secondary N) is 1. The van der Waals surface area contributed by atoms with Crippen LogP contribution in [0.3, 0.4) is 0 Å². The van der Waals surface area contributed by atoms with Gasteiger partial charge in [0, 0.05) is 15.7 Å². The Kier molecular flexibility index (Phi) is 3.53. The second-order valence-corrected chi connectivity index (χ2v) is 4.45. The van der Waals surface area contributed by atoms with Gasteiger partial charge in [0.05, 0.1) is 0 Å². The van der Waals surface area contributed by atoms with Crippen LogP contribution in [-0.4, -0.2) is 6.03 Å². The van der Waals surface area contributed by atoms with Gasteiger partial charge in [-0.3, -0.25) is 4.79 Å². The van der Waals surface area contributed by atoms with Crippen LogP contribution in [0.5, 0.6) is 0 Å². The average molecular weight is 218 g/mol. The number of hydrogen-bond acceptors (Lipinski definition) is 1. The molecule has 1 rings (SSSR count). The van der Waals surface area contributed by atoms with Gasteiger partial charge in [0.1, 0.15) is 0 Å². The number of benzene rings is 1. The summed E-state index contributed by atoms with van der Waals surface area (Å²) in [5.74, 6) is 0. The Morgan fingerprint density at radius 1 is 1.31 bits per heavy atom. The summed E-state index contributed by atoms with van der Waals surface area (Å²) < 4.78 is 0. The van der Waals surface area contributed by atoms with Crippen LogP contribution in [0.4, 0.5) is 10.5 Å². The lowest BCUT2D eigenvalue weighted by molar-refractivity contribution is 0.259. The van der Waals surface area contributed by atoms with E-state index < -0.39 is 6.03 Å². The number of hydrogen-bond donors (Lipinski definition) is 1. The minimum Gasteiger partial charge on any atom is -0.321 e. The summed E-state index contributed by atoms with van der Waals surface area (Å²) in [4.78, 5) is 13.4. The first-order valence-electron chi connectivity index (χ1n) is 4.90. The van der Waals surface area contributed by atoms with Crippen molar-refractivity contribution in [3.05, 3.63) is 40.3 Å². The fourth-order valence-electron chi connectivity index (χ4n) is 1.24. The molecule has 0 saturated carbocycles. The van der Waals surface area contributed by atoms with E-state index in [0.29, 0.717) is 5.69 Å². The maximum atomic E-state index is 11.0. The second kappa shape index (κ2) is 4.68. The highest BCUT2D eigenvalue weighted by molar-refractivity contribution is 5.89. The Morgan fingerprint density at radius 2 is 1.88 bits per heavy atom. The summed E-state index contributed by atoms with van der Waals surface area (Å²) in [6, 6.07) is 6.74. The van der Waals surface area contributed by atoms with Crippen LogP contribution in [0.1, 0.15) is 26.3 Å². The molecule has 0 radical (unpaired) electrons. The normalized spacial score (nSPS) is 10.4. The first-order valence-corrected chi connectivity index (χ1v) is 4.90. The Balaban J connectivity index is 2.80. The average Bonchev–Trinajstić information content (AvgIpc) is 2.17. The number of urea groups is 1. The largest absolute Gasteiger partial charge is 0.321 e. The highest BCUT2D eigenvalue weighted by Gasteiger charge is 2.12. The van der Waals surface area contributed by atoms with E-state index >= 15 is 0 Å². The molecule has 1 N–H and O–H groups in total. The first kappa shape index (κ1) is 12.1. The fourth-order valence-corrected chi connectivity index (χ4v) is 1.24. The van der Waals surface area contributed by atoms with Gasteiger partial charge in [0.15, 0.2) is 0 Å². The lowest BCUT2D eigenvalue weighted by Crippen LogP contribution is -2.11. The zero-order valence-corrected chi connectivity index (χ0v) is 9.56. The lowest BCUT2D eigenvalue weighted by atomic mass is 9.87. The molecule has 0 fully saturated rings. The molecule has 0 saturated heterocycles. The highest BCUT2D eigenvalue weighted by atomic mass is 16.2. The second-order valence-electron chi connectivity index (χ2n) is 4.45. The number of anilines is 1. The molecule has 84 valence electrons. The summed E-state index contributed by atoms with van der Waals surface area (Å²) in [5, 5.41) is 5.38. The maximum absolute atomic E-state index is 11.0. The molecule has 16 heavy (non-hydrogen) atoms. The zero-order chi connectivity index (χ0) is 12.2. The molecular formula is C11H14N4O. The topological polar surface area (TPSA) is 77.9 Å². The molecule has 0 atom stereocenters. The molecular weight excluding hydrogens is 204 g/mol. The summed E-state index contributed by atoms with van der Waals surface area (Å²) in [5.41, 5.74) is 9.93. The van der Waals surface area contributed by atoms with Gasteiger partial charge in [0.25, 0.3) is 0 Å². The third kappa shape index (κ3) is 3.29. The van der Waals surface area contributed by atoms with Gasteiger partial charge in [-0.05, 0) is 28.6 Å². The molecule has 0 unspecified atom stereocenters. The monoisotopic (exact) mass is 218 g/mol. The third-order valence-electron chi connectivity index (χ3n) is 2.14. The van der Waals surface area contributed by atoms with Crippen LogP contribution in [0.25, 0.3) is 10.4 Å². The predicted molar refractivity (Wildman–Crippen MR) is 63.3 cm³/mol. The number of carbonyl (C=O) groups excluding carboxylic acids is 1. The molecule has 0 heterocycles. The highest BCUT2D eigenvalue weighted by Crippen LogP contribution is 2.23. The maximum Gasteiger partial charge on any atom is 0.312 e. The number of nitrogens with zero attached hydrogens (tertiary/aromatic N) is 3. The SMILES string of the molecule is CC(C)(C)c1ccc(NC(=O)N=[N+]=[N-])cc1. The van der Waals surface area contributed by atoms with Crippen LogP contribution in [-0.2, 0) is 5.41 Å². The Hall–Kier alpha value is -2.00. The summed E-state index contributed by atoms with van der Waals surface area (Å²) in [7, 11) is 0. The molecule has 0 aliphatic heterocycles. The molecule has 2 amide bonds. The van der Waals surface area contributed by atoms with E-state index in [1.165, 1.54) is 5.56 Å². The summed E-state index contributed by atoms with van der Waals surface area (Å²) in [6.45, 7) is 6.34. The van der Waals surface area contributed by atoms with Crippen LogP contribution in [0, 0.1) is 0 Å². The van der Waals surface area contributed by atoms with E-state index in [0.717, 1.165) is 0 Å². The third-order valence-corrected chi connectivity index (χ3v) is 2.14. The molecule has 1 aromatic rings. The van der Waals surface area contributed by atoms with Crippen molar-refractivity contribution in [1.82, 2.24) is 0 Å². The van der Waals surface area contributed by atoms with E-state index in [2.05, 4.69) is 36.1 Å². The molecule has 0 aromatic heterocycles. The van der Waals surface area contributed by atoms with Crippen LogP contribution in [0.15, 0.2) is 29.4 Å². The Labute approximate surface area is 94.1 Å². The van der Waals surface area contributed by atoms with Gasteiger partial charge in [-0.25, -0.2) is 0 Å². The van der Waals surface area contributed by atoms with Crippen molar-refractivity contribution < 1.29 is 4.79 Å². The van der Waals surface area contributed by atoms with Gasteiger partial charge < -0.3 is 5.32 Å². The molecule has 0 aliphatic carbocycles. The molecule has 0 spiro atoms. The van der Waals surface area contributed by atoms with Crippen molar-refractivity contribution in [3.63, 3.8) is 0 Å². The van der Waals surface area contributed by atoms with Crippen molar-refractivity contribution in [2.45, 2.75) is 26.2 Å². The predicted octanol–water partition coefficient (Wildman–Crippen LogP) is 3.83. The lowest BCUT2D eigenvalue weighted by Gasteiger charge is -2.19. The molecule has 0 aliphatic rings. The van der Waals surface area contributed by atoms with Crippen molar-refractivity contribution in [2.75, 3.05) is 5.32 Å². The van der Waals surface area contributed by atoms with Gasteiger partial charge in [-0.15, -0.1) is 0 Å². The van der Waals surface area contributed by atoms with E-state index in [1.807, 2.05) is 12.1 Å². The van der Waals surface area contributed by atoms with E-state index in [9.17, 15) is 4.79 Å². The minimum absolute atomic E-state index is 0.0767. The zero-order valence-electron chi connectivity index (χ0n) is 9.56.